The molecule has 1 aromatic heterocycles. The number of rotatable bonds is 1. The van der Waals surface area contributed by atoms with Crippen LogP contribution in [-0.2, 0) is 0 Å². The maximum absolute atomic E-state index is 8.91. The molecule has 0 saturated carbocycles. The Balaban J connectivity index is 2.23. The van der Waals surface area contributed by atoms with E-state index >= 15 is 0 Å². The fourth-order valence-electron chi connectivity index (χ4n) is 1.73. The summed E-state index contributed by atoms with van der Waals surface area (Å²) in [6.07, 6.45) is 1.63. The fraction of sp³-hybridized carbons (Fsp3) is 0.400. The van der Waals surface area contributed by atoms with E-state index in [-0.39, 0.29) is 11.8 Å². The monoisotopic (exact) mass is 207 g/mol. The largest absolute Gasteiger partial charge is 0.315 e. The number of nitriles is 1. The first-order chi connectivity index (χ1) is 6.81. The van der Waals surface area contributed by atoms with Gasteiger partial charge in [-0.1, -0.05) is 11.6 Å². The van der Waals surface area contributed by atoms with E-state index in [2.05, 4.69) is 16.4 Å². The molecule has 2 rings (SSSR count). The van der Waals surface area contributed by atoms with Crippen LogP contribution in [0, 0.1) is 17.2 Å². The van der Waals surface area contributed by atoms with Crippen LogP contribution in [0.3, 0.4) is 0 Å². The van der Waals surface area contributed by atoms with Crippen LogP contribution in [-0.4, -0.2) is 18.1 Å². The second kappa shape index (κ2) is 3.95. The minimum atomic E-state index is 0.0312. The third-order valence-electron chi connectivity index (χ3n) is 2.51. The molecule has 1 N–H and O–H groups in total. The Morgan fingerprint density at radius 2 is 2.36 bits per heavy atom. The van der Waals surface area contributed by atoms with Crippen LogP contribution in [0.4, 0.5) is 0 Å². The van der Waals surface area contributed by atoms with E-state index in [1.54, 1.807) is 6.20 Å². The van der Waals surface area contributed by atoms with Crippen LogP contribution in [0.2, 0.25) is 5.02 Å². The van der Waals surface area contributed by atoms with Gasteiger partial charge < -0.3 is 5.32 Å². The summed E-state index contributed by atoms with van der Waals surface area (Å²) in [5.41, 5.74) is 0.950. The molecule has 0 aliphatic carbocycles. The number of hydrogen-bond donors (Lipinski definition) is 1. The van der Waals surface area contributed by atoms with Gasteiger partial charge in [-0.3, -0.25) is 4.98 Å². The van der Waals surface area contributed by atoms with Gasteiger partial charge in [0.15, 0.2) is 0 Å². The zero-order valence-corrected chi connectivity index (χ0v) is 8.33. The van der Waals surface area contributed by atoms with Crippen molar-refractivity contribution in [3.05, 3.63) is 29.0 Å². The Labute approximate surface area is 87.7 Å². The molecule has 3 nitrogen and oxygen atoms in total. The van der Waals surface area contributed by atoms with E-state index in [0.717, 1.165) is 18.8 Å². The minimum absolute atomic E-state index is 0.0312. The third kappa shape index (κ3) is 1.72. The molecule has 2 unspecified atom stereocenters. The summed E-state index contributed by atoms with van der Waals surface area (Å²) < 4.78 is 0. The average Bonchev–Trinajstić information content (AvgIpc) is 2.67. The molecular weight excluding hydrogens is 198 g/mol. The smallest absolute Gasteiger partial charge is 0.0683 e. The summed E-state index contributed by atoms with van der Waals surface area (Å²) in [7, 11) is 0. The van der Waals surface area contributed by atoms with Crippen molar-refractivity contribution in [3.63, 3.8) is 0 Å². The Hall–Kier alpha value is -1.11. The first-order valence-electron chi connectivity index (χ1n) is 4.53. The molecule has 1 aromatic rings. The highest BCUT2D eigenvalue weighted by Crippen LogP contribution is 2.26. The number of nitrogens with one attached hydrogen (secondary N) is 1. The average molecular weight is 208 g/mol. The van der Waals surface area contributed by atoms with E-state index in [4.69, 9.17) is 16.9 Å². The van der Waals surface area contributed by atoms with Crippen molar-refractivity contribution in [2.45, 2.75) is 5.92 Å². The van der Waals surface area contributed by atoms with E-state index in [0.29, 0.717) is 5.02 Å². The lowest BCUT2D eigenvalue weighted by atomic mass is 9.94. The van der Waals surface area contributed by atoms with E-state index in [1.807, 2.05) is 12.1 Å². The topological polar surface area (TPSA) is 48.7 Å². The SMILES string of the molecule is N#CC1CNCC1c1ccc(Cl)cn1. The van der Waals surface area contributed by atoms with Gasteiger partial charge >= 0.3 is 0 Å². The summed E-state index contributed by atoms with van der Waals surface area (Å²) in [6.45, 7) is 1.58. The summed E-state index contributed by atoms with van der Waals surface area (Å²) in [4.78, 5) is 4.24. The predicted octanol–water partition coefficient (Wildman–Crippen LogP) is 1.56. The molecule has 0 spiro atoms. The molecule has 2 heterocycles. The zero-order valence-electron chi connectivity index (χ0n) is 7.57. The first-order valence-corrected chi connectivity index (χ1v) is 4.91. The number of aromatic nitrogens is 1. The highest BCUT2D eigenvalue weighted by atomic mass is 35.5. The normalized spacial score (nSPS) is 26.0. The lowest BCUT2D eigenvalue weighted by molar-refractivity contribution is 0.629. The van der Waals surface area contributed by atoms with Gasteiger partial charge in [-0.05, 0) is 12.1 Å². The molecule has 0 bridgehead atoms. The van der Waals surface area contributed by atoms with E-state index in [1.165, 1.54) is 0 Å². The summed E-state index contributed by atoms with van der Waals surface area (Å²) >= 11 is 5.75. The highest BCUT2D eigenvalue weighted by Gasteiger charge is 2.28. The van der Waals surface area contributed by atoms with Gasteiger partial charge in [0.1, 0.15) is 0 Å². The summed E-state index contributed by atoms with van der Waals surface area (Å²) in [5, 5.41) is 12.7. The molecule has 4 heteroatoms. The second-order valence-corrected chi connectivity index (χ2v) is 3.84. The molecule has 14 heavy (non-hydrogen) atoms. The molecule has 2 atom stereocenters. The van der Waals surface area contributed by atoms with Crippen molar-refractivity contribution in [3.8, 4) is 6.07 Å². The van der Waals surface area contributed by atoms with Gasteiger partial charge in [-0.15, -0.1) is 0 Å². The predicted molar refractivity (Wildman–Crippen MR) is 54.0 cm³/mol. The Morgan fingerprint density at radius 1 is 1.50 bits per heavy atom. The molecule has 72 valence electrons. The number of hydrogen-bond acceptors (Lipinski definition) is 3. The molecule has 1 aliphatic rings. The van der Waals surface area contributed by atoms with Gasteiger partial charge in [0.05, 0.1) is 17.0 Å². The van der Waals surface area contributed by atoms with Crippen LogP contribution < -0.4 is 5.32 Å². The Morgan fingerprint density at radius 3 is 3.00 bits per heavy atom. The molecule has 1 aliphatic heterocycles. The van der Waals surface area contributed by atoms with Gasteiger partial charge in [-0.2, -0.15) is 5.26 Å². The van der Waals surface area contributed by atoms with Crippen molar-refractivity contribution in [1.82, 2.24) is 10.3 Å². The summed E-state index contributed by atoms with van der Waals surface area (Å²) in [6, 6.07) is 6.00. The van der Waals surface area contributed by atoms with Crippen molar-refractivity contribution < 1.29 is 0 Å². The molecule has 0 radical (unpaired) electrons. The maximum Gasteiger partial charge on any atom is 0.0683 e. The van der Waals surface area contributed by atoms with Crippen LogP contribution in [0.15, 0.2) is 18.3 Å². The van der Waals surface area contributed by atoms with Crippen molar-refractivity contribution in [1.29, 1.82) is 5.26 Å². The number of nitrogens with zero attached hydrogens (tertiary/aromatic N) is 2. The van der Waals surface area contributed by atoms with Crippen molar-refractivity contribution >= 4 is 11.6 Å². The van der Waals surface area contributed by atoms with Crippen LogP contribution >= 0.6 is 11.6 Å². The quantitative estimate of drug-likeness (QED) is 0.761. The lowest BCUT2D eigenvalue weighted by Gasteiger charge is -2.10. The molecule has 0 amide bonds. The first kappa shape index (κ1) is 9.45. The minimum Gasteiger partial charge on any atom is -0.315 e. The maximum atomic E-state index is 8.91. The van der Waals surface area contributed by atoms with Crippen LogP contribution in [0.5, 0.6) is 0 Å². The Bertz CT molecular complexity index is 355. The number of halogens is 1. The van der Waals surface area contributed by atoms with Gasteiger partial charge in [0.2, 0.25) is 0 Å². The summed E-state index contributed by atoms with van der Waals surface area (Å²) in [5.74, 6) is 0.237. The van der Waals surface area contributed by atoms with Crippen molar-refractivity contribution in [2.24, 2.45) is 5.92 Å². The molecule has 1 fully saturated rings. The van der Waals surface area contributed by atoms with E-state index < -0.39 is 0 Å². The second-order valence-electron chi connectivity index (χ2n) is 3.40. The standard InChI is InChI=1S/C10H10ClN3/c11-8-1-2-10(14-5-8)9-6-13-4-7(9)3-12/h1-2,5,7,9,13H,4,6H2. The van der Waals surface area contributed by atoms with Crippen LogP contribution in [0.25, 0.3) is 0 Å². The fourth-order valence-corrected chi connectivity index (χ4v) is 1.84. The van der Waals surface area contributed by atoms with Gasteiger partial charge in [-0.25, -0.2) is 0 Å². The van der Waals surface area contributed by atoms with E-state index in [9.17, 15) is 0 Å². The zero-order chi connectivity index (χ0) is 9.97. The molecule has 1 saturated heterocycles. The lowest BCUT2D eigenvalue weighted by Crippen LogP contribution is -2.10. The molecule has 0 aromatic carbocycles. The van der Waals surface area contributed by atoms with Gasteiger partial charge in [0, 0.05) is 30.9 Å². The van der Waals surface area contributed by atoms with Crippen LogP contribution in [0.1, 0.15) is 11.6 Å². The Kier molecular flexibility index (Phi) is 2.67. The highest BCUT2D eigenvalue weighted by molar-refractivity contribution is 6.30. The third-order valence-corrected chi connectivity index (χ3v) is 2.73. The van der Waals surface area contributed by atoms with Gasteiger partial charge in [0.25, 0.3) is 0 Å². The number of pyridine rings is 1. The molecular formula is C10H10ClN3. The van der Waals surface area contributed by atoms with Crippen molar-refractivity contribution in [2.75, 3.05) is 13.1 Å².